The van der Waals surface area contributed by atoms with Gasteiger partial charge in [0, 0.05) is 24.1 Å². The number of carbonyl (C=O) groups is 1. The highest BCUT2D eigenvalue weighted by molar-refractivity contribution is 5.93. The van der Waals surface area contributed by atoms with E-state index in [2.05, 4.69) is 15.3 Å². The third kappa shape index (κ3) is 4.08. The number of esters is 1. The lowest BCUT2D eigenvalue weighted by Crippen LogP contribution is -2.06. The highest BCUT2D eigenvalue weighted by Crippen LogP contribution is 2.36. The van der Waals surface area contributed by atoms with Crippen LogP contribution >= 0.6 is 0 Å². The standard InChI is InChI=1S/C18H14F3N3O3/c1-10(25)27-16-7-13-14(8-15(16)26-2)22-9-23-17(13)24-12-5-3-4-11(6-12)18(19,20)21/h3-9H,1-2H3,(H,22,23,24). The number of aromatic nitrogens is 2. The van der Waals surface area contributed by atoms with Crippen molar-refractivity contribution in [2.45, 2.75) is 13.1 Å². The summed E-state index contributed by atoms with van der Waals surface area (Å²) in [4.78, 5) is 19.5. The average Bonchev–Trinajstić information content (AvgIpc) is 2.61. The number of halogens is 3. The van der Waals surface area contributed by atoms with E-state index in [1.807, 2.05) is 0 Å². The van der Waals surface area contributed by atoms with E-state index in [1.54, 1.807) is 6.07 Å². The Labute approximate surface area is 152 Å². The molecule has 27 heavy (non-hydrogen) atoms. The summed E-state index contributed by atoms with van der Waals surface area (Å²) >= 11 is 0. The number of methoxy groups -OCH3 is 1. The molecule has 0 amide bonds. The molecule has 0 saturated carbocycles. The van der Waals surface area contributed by atoms with Gasteiger partial charge in [0.2, 0.25) is 0 Å². The van der Waals surface area contributed by atoms with Gasteiger partial charge < -0.3 is 14.8 Å². The first-order valence-corrected chi connectivity index (χ1v) is 7.73. The van der Waals surface area contributed by atoms with Crippen molar-refractivity contribution < 1.29 is 27.4 Å². The van der Waals surface area contributed by atoms with Crippen LogP contribution in [-0.2, 0) is 11.0 Å². The van der Waals surface area contributed by atoms with Crippen LogP contribution in [0.5, 0.6) is 11.5 Å². The zero-order valence-electron chi connectivity index (χ0n) is 14.3. The number of fused-ring (bicyclic) bond motifs is 1. The number of rotatable bonds is 4. The molecule has 140 valence electrons. The number of nitrogens with zero attached hydrogens (tertiary/aromatic N) is 2. The summed E-state index contributed by atoms with van der Waals surface area (Å²) in [5, 5.41) is 3.30. The first kappa shape index (κ1) is 18.4. The smallest absolute Gasteiger partial charge is 0.416 e. The Hall–Kier alpha value is -3.36. The van der Waals surface area contributed by atoms with E-state index in [0.717, 1.165) is 12.1 Å². The van der Waals surface area contributed by atoms with E-state index in [-0.39, 0.29) is 17.3 Å². The minimum Gasteiger partial charge on any atom is -0.493 e. The molecule has 0 saturated heterocycles. The van der Waals surface area contributed by atoms with Crippen molar-refractivity contribution in [1.82, 2.24) is 9.97 Å². The van der Waals surface area contributed by atoms with Gasteiger partial charge in [0.1, 0.15) is 12.1 Å². The molecule has 0 bridgehead atoms. The topological polar surface area (TPSA) is 73.3 Å². The number of hydrogen-bond acceptors (Lipinski definition) is 6. The summed E-state index contributed by atoms with van der Waals surface area (Å²) in [6.45, 7) is 1.24. The first-order chi connectivity index (χ1) is 12.8. The lowest BCUT2D eigenvalue weighted by Gasteiger charge is -2.13. The van der Waals surface area contributed by atoms with Crippen LogP contribution in [0.25, 0.3) is 10.9 Å². The molecular weight excluding hydrogens is 363 g/mol. The molecule has 6 nitrogen and oxygen atoms in total. The van der Waals surface area contributed by atoms with Crippen LogP contribution in [0, 0.1) is 0 Å². The summed E-state index contributed by atoms with van der Waals surface area (Å²) in [5.74, 6) is 0.160. The number of alkyl halides is 3. The number of hydrogen-bond donors (Lipinski definition) is 1. The number of benzene rings is 2. The van der Waals surface area contributed by atoms with Crippen LogP contribution in [0.4, 0.5) is 24.7 Å². The molecule has 0 fully saturated rings. The Morgan fingerprint density at radius 1 is 1.11 bits per heavy atom. The normalized spacial score (nSPS) is 11.3. The molecule has 0 atom stereocenters. The molecule has 9 heteroatoms. The number of ether oxygens (including phenoxy) is 2. The molecule has 0 spiro atoms. The highest BCUT2D eigenvalue weighted by atomic mass is 19.4. The number of carbonyl (C=O) groups excluding carboxylic acids is 1. The van der Waals surface area contributed by atoms with Gasteiger partial charge in [0.25, 0.3) is 0 Å². The predicted molar refractivity (Wildman–Crippen MR) is 92.1 cm³/mol. The van der Waals surface area contributed by atoms with Gasteiger partial charge in [-0.25, -0.2) is 9.97 Å². The van der Waals surface area contributed by atoms with Gasteiger partial charge in [0.05, 0.1) is 18.2 Å². The van der Waals surface area contributed by atoms with Crippen molar-refractivity contribution in [1.29, 1.82) is 0 Å². The van der Waals surface area contributed by atoms with E-state index in [1.165, 1.54) is 38.6 Å². The molecular formula is C18H14F3N3O3. The third-order valence-corrected chi connectivity index (χ3v) is 3.63. The van der Waals surface area contributed by atoms with Crippen LogP contribution < -0.4 is 14.8 Å². The Bertz CT molecular complexity index is 1010. The molecule has 1 N–H and O–H groups in total. The van der Waals surface area contributed by atoms with Crippen LogP contribution in [0.2, 0.25) is 0 Å². The summed E-state index contributed by atoms with van der Waals surface area (Å²) < 4.78 is 49.0. The van der Waals surface area contributed by atoms with E-state index in [9.17, 15) is 18.0 Å². The second-order valence-electron chi connectivity index (χ2n) is 5.54. The molecule has 2 aromatic carbocycles. The lowest BCUT2D eigenvalue weighted by atomic mass is 10.1. The SMILES string of the molecule is COc1cc2ncnc(Nc3cccc(C(F)(F)F)c3)c2cc1OC(C)=O. The molecule has 0 unspecified atom stereocenters. The zero-order chi connectivity index (χ0) is 19.6. The fourth-order valence-corrected chi connectivity index (χ4v) is 2.47. The summed E-state index contributed by atoms with van der Waals surface area (Å²) in [5.41, 5.74) is -0.116. The first-order valence-electron chi connectivity index (χ1n) is 7.73. The predicted octanol–water partition coefficient (Wildman–Crippen LogP) is 4.33. The van der Waals surface area contributed by atoms with Crippen molar-refractivity contribution >= 4 is 28.4 Å². The maximum absolute atomic E-state index is 12.9. The molecule has 3 rings (SSSR count). The van der Waals surface area contributed by atoms with Crippen LogP contribution in [0.15, 0.2) is 42.7 Å². The van der Waals surface area contributed by atoms with E-state index in [4.69, 9.17) is 9.47 Å². The second-order valence-corrected chi connectivity index (χ2v) is 5.54. The summed E-state index contributed by atoms with van der Waals surface area (Å²) in [7, 11) is 1.41. The number of anilines is 2. The molecule has 0 aliphatic heterocycles. The zero-order valence-corrected chi connectivity index (χ0v) is 14.3. The molecule has 0 aliphatic carbocycles. The van der Waals surface area contributed by atoms with E-state index < -0.39 is 17.7 Å². The van der Waals surface area contributed by atoms with Crippen molar-refractivity contribution in [3.05, 3.63) is 48.3 Å². The van der Waals surface area contributed by atoms with Crippen molar-refractivity contribution in [3.8, 4) is 11.5 Å². The summed E-state index contributed by atoms with van der Waals surface area (Å²) in [6, 6.07) is 7.77. The fraction of sp³-hybridized carbons (Fsp3) is 0.167. The van der Waals surface area contributed by atoms with Crippen molar-refractivity contribution in [2.75, 3.05) is 12.4 Å². The quantitative estimate of drug-likeness (QED) is 0.539. The Morgan fingerprint density at radius 2 is 1.89 bits per heavy atom. The third-order valence-electron chi connectivity index (χ3n) is 3.63. The molecule has 3 aromatic rings. The van der Waals surface area contributed by atoms with Gasteiger partial charge in [-0.15, -0.1) is 0 Å². The minimum atomic E-state index is -4.46. The van der Waals surface area contributed by atoms with Crippen molar-refractivity contribution in [3.63, 3.8) is 0 Å². The van der Waals surface area contributed by atoms with Gasteiger partial charge in [-0.05, 0) is 24.3 Å². The molecule has 0 aliphatic rings. The fourth-order valence-electron chi connectivity index (χ4n) is 2.47. The van der Waals surface area contributed by atoms with Crippen LogP contribution in [0.1, 0.15) is 12.5 Å². The van der Waals surface area contributed by atoms with Gasteiger partial charge >= 0.3 is 12.1 Å². The Morgan fingerprint density at radius 3 is 2.56 bits per heavy atom. The second kappa shape index (κ2) is 7.10. The Balaban J connectivity index is 2.06. The van der Waals surface area contributed by atoms with Crippen LogP contribution in [-0.4, -0.2) is 23.0 Å². The highest BCUT2D eigenvalue weighted by Gasteiger charge is 2.30. The van der Waals surface area contributed by atoms with Crippen LogP contribution in [0.3, 0.4) is 0 Å². The lowest BCUT2D eigenvalue weighted by molar-refractivity contribution is -0.137. The van der Waals surface area contributed by atoms with E-state index >= 15 is 0 Å². The average molecular weight is 377 g/mol. The maximum atomic E-state index is 12.9. The molecule has 1 aromatic heterocycles. The van der Waals surface area contributed by atoms with Crippen molar-refractivity contribution in [2.24, 2.45) is 0 Å². The molecule has 1 heterocycles. The largest absolute Gasteiger partial charge is 0.493 e. The van der Waals surface area contributed by atoms with E-state index in [0.29, 0.717) is 16.7 Å². The summed E-state index contributed by atoms with van der Waals surface area (Å²) in [6.07, 6.45) is -3.19. The minimum absolute atomic E-state index is 0.152. The molecule has 0 radical (unpaired) electrons. The van der Waals surface area contributed by atoms with Gasteiger partial charge in [0.15, 0.2) is 11.5 Å². The van der Waals surface area contributed by atoms with Gasteiger partial charge in [-0.3, -0.25) is 4.79 Å². The number of nitrogens with one attached hydrogen (secondary N) is 1. The monoisotopic (exact) mass is 377 g/mol. The maximum Gasteiger partial charge on any atom is 0.416 e. The van der Waals surface area contributed by atoms with Gasteiger partial charge in [-0.2, -0.15) is 13.2 Å². The van der Waals surface area contributed by atoms with Gasteiger partial charge in [-0.1, -0.05) is 6.07 Å². The Kier molecular flexibility index (Phi) is 4.85.